The van der Waals surface area contributed by atoms with E-state index in [0.29, 0.717) is 37.7 Å². The van der Waals surface area contributed by atoms with Crippen molar-refractivity contribution in [1.29, 1.82) is 0 Å². The first kappa shape index (κ1) is 43.4. The van der Waals surface area contributed by atoms with E-state index in [1.54, 1.807) is 26.4 Å². The van der Waals surface area contributed by atoms with Gasteiger partial charge in [-0.2, -0.15) is 8.42 Å². The van der Waals surface area contributed by atoms with Crippen LogP contribution in [0.1, 0.15) is 34.6 Å². The van der Waals surface area contributed by atoms with Crippen LogP contribution >= 0.6 is 0 Å². The zero-order valence-corrected chi connectivity index (χ0v) is 34.2. The normalized spacial score (nSPS) is 17.4. The van der Waals surface area contributed by atoms with E-state index in [1.165, 1.54) is 17.0 Å². The molecule has 14 heteroatoms. The molecule has 1 saturated heterocycles. The first-order valence-electron chi connectivity index (χ1n) is 19.4. The molecule has 13 nitrogen and oxygen atoms in total. The molecule has 0 saturated carbocycles. The van der Waals surface area contributed by atoms with Gasteiger partial charge in [0.15, 0.2) is 0 Å². The maximum atomic E-state index is 12.8. The summed E-state index contributed by atoms with van der Waals surface area (Å²) in [6, 6.07) is 33.1. The number of rotatable bonds is 20. The van der Waals surface area contributed by atoms with Crippen molar-refractivity contribution in [2.45, 2.75) is 55.7 Å². The summed E-state index contributed by atoms with van der Waals surface area (Å²) in [6.45, 7) is 2.48. The lowest BCUT2D eigenvalue weighted by Gasteiger charge is -2.43. The second-order valence-electron chi connectivity index (χ2n) is 14.3. The van der Waals surface area contributed by atoms with Gasteiger partial charge in [-0.05, 0) is 65.9 Å². The monoisotopic (exact) mass is 829 g/mol. The van der Waals surface area contributed by atoms with Crippen LogP contribution in [0.25, 0.3) is 10.8 Å². The van der Waals surface area contributed by atoms with Gasteiger partial charge in [0, 0.05) is 23.3 Å². The Labute approximate surface area is 345 Å². The minimum absolute atomic E-state index is 0.0218. The first-order chi connectivity index (χ1) is 28.5. The molecule has 5 aromatic rings. The number of likely N-dealkylation sites (tertiary alicyclic amines) is 1. The molecule has 6 rings (SSSR count). The molecule has 0 unspecified atom stereocenters. The van der Waals surface area contributed by atoms with Gasteiger partial charge >= 0.3 is 6.09 Å². The van der Waals surface area contributed by atoms with Crippen molar-refractivity contribution in [3.63, 3.8) is 0 Å². The van der Waals surface area contributed by atoms with Crippen molar-refractivity contribution in [2.24, 2.45) is 0 Å². The van der Waals surface area contributed by atoms with E-state index in [1.807, 2.05) is 91.9 Å². The Kier molecular flexibility index (Phi) is 15.2. The number of aliphatic hydroxyl groups excluding tert-OH is 1. The number of hydrogen-bond donors (Lipinski definition) is 2. The topological polar surface area (TPSA) is 160 Å². The number of amides is 1. The van der Waals surface area contributed by atoms with Gasteiger partial charge in [0.1, 0.15) is 23.4 Å². The van der Waals surface area contributed by atoms with Crippen molar-refractivity contribution in [3.05, 3.63) is 131 Å². The fourth-order valence-electron chi connectivity index (χ4n) is 7.03. The highest BCUT2D eigenvalue weighted by atomic mass is 32.2. The minimum atomic E-state index is -4.13. The molecule has 0 aliphatic carbocycles. The number of aliphatic hydroxyl groups is 1. The lowest BCUT2D eigenvalue weighted by Crippen LogP contribution is -2.54. The molecule has 0 spiro atoms. The first-order valence-corrected chi connectivity index (χ1v) is 20.8. The van der Waals surface area contributed by atoms with Crippen LogP contribution < -0.4 is 14.2 Å². The van der Waals surface area contributed by atoms with Crippen LogP contribution in [0.15, 0.2) is 114 Å². The summed E-state index contributed by atoms with van der Waals surface area (Å²) >= 11 is 0. The Balaban J connectivity index is 1.15. The van der Waals surface area contributed by atoms with E-state index in [2.05, 4.69) is 0 Å². The summed E-state index contributed by atoms with van der Waals surface area (Å²) in [6.07, 6.45) is -3.29. The molecule has 5 aromatic carbocycles. The quantitative estimate of drug-likeness (QED) is 0.0614. The van der Waals surface area contributed by atoms with Crippen LogP contribution in [-0.2, 0) is 41.7 Å². The van der Waals surface area contributed by atoms with Gasteiger partial charge in [-0.1, -0.05) is 72.3 Å². The van der Waals surface area contributed by atoms with Crippen molar-refractivity contribution in [2.75, 3.05) is 53.7 Å². The molecule has 0 bridgehead atoms. The van der Waals surface area contributed by atoms with Gasteiger partial charge < -0.3 is 43.5 Å². The predicted molar refractivity (Wildman–Crippen MR) is 221 cm³/mol. The molecule has 0 aromatic heterocycles. The number of nitrogens with zero attached hydrogens (tertiary/aromatic N) is 1. The maximum Gasteiger partial charge on any atom is 0.407 e. The van der Waals surface area contributed by atoms with Gasteiger partial charge in [0.2, 0.25) is 0 Å². The zero-order chi connectivity index (χ0) is 41.8. The summed E-state index contributed by atoms with van der Waals surface area (Å²) in [5.41, 5.74) is 3.50. The zero-order valence-electron chi connectivity index (χ0n) is 33.4. The van der Waals surface area contributed by atoms with Crippen molar-refractivity contribution < 1.29 is 56.0 Å². The molecule has 1 aliphatic heterocycles. The number of ether oxygens (including phenoxy) is 6. The molecule has 0 radical (unpaired) electrons. The Bertz CT molecular complexity index is 2230. The number of aryl methyl sites for hydroxylation is 1. The van der Waals surface area contributed by atoms with Crippen molar-refractivity contribution in [1.82, 2.24) is 4.90 Å². The average Bonchev–Trinajstić information content (AvgIpc) is 3.25. The molecule has 1 amide bonds. The minimum Gasteiger partial charge on any atom is -0.496 e. The Hall–Kier alpha value is -5.22. The smallest absolute Gasteiger partial charge is 0.407 e. The summed E-state index contributed by atoms with van der Waals surface area (Å²) in [4.78, 5) is 13.6. The van der Waals surface area contributed by atoms with E-state index in [4.69, 9.17) is 32.6 Å². The summed E-state index contributed by atoms with van der Waals surface area (Å²) < 4.78 is 66.5. The molecule has 1 aliphatic rings. The SMILES string of the molecule is COc1ccccc1COCCCOc1ccc([C@@H]2[C@@H](OCc3cc(OC)c4ccccc4c3)CN(C(=O)O)C[C@H]2OC[C@H](O)COS(=O)(=O)c2ccc(C)cc2)cc1. The molecule has 2 N–H and O–H groups in total. The number of hydrogen-bond acceptors (Lipinski definition) is 11. The van der Waals surface area contributed by atoms with Gasteiger partial charge in [-0.25, -0.2) is 4.79 Å². The number of para-hydroxylation sites is 1. The predicted octanol–water partition coefficient (Wildman–Crippen LogP) is 6.97. The van der Waals surface area contributed by atoms with Gasteiger partial charge in [0.05, 0.1) is 84.1 Å². The molecular formula is C45H51NO12S. The van der Waals surface area contributed by atoms with Crippen LogP contribution in [0.3, 0.4) is 0 Å². The third kappa shape index (κ3) is 11.7. The lowest BCUT2D eigenvalue weighted by atomic mass is 9.84. The summed E-state index contributed by atoms with van der Waals surface area (Å²) in [5, 5.41) is 22.9. The van der Waals surface area contributed by atoms with Crippen molar-refractivity contribution >= 4 is 27.0 Å². The number of carbonyl (C=O) groups is 1. The van der Waals surface area contributed by atoms with Gasteiger partial charge in [-0.15, -0.1) is 0 Å². The Morgan fingerprint density at radius 3 is 2.22 bits per heavy atom. The number of carboxylic acid groups (broad SMARTS) is 1. The van der Waals surface area contributed by atoms with E-state index < -0.39 is 47.0 Å². The van der Waals surface area contributed by atoms with Crippen LogP contribution in [0.4, 0.5) is 4.79 Å². The highest BCUT2D eigenvalue weighted by molar-refractivity contribution is 7.86. The van der Waals surface area contributed by atoms with Gasteiger partial charge in [0.25, 0.3) is 10.1 Å². The molecule has 1 heterocycles. The highest BCUT2D eigenvalue weighted by Gasteiger charge is 2.41. The van der Waals surface area contributed by atoms with Crippen LogP contribution in [0.2, 0.25) is 0 Å². The lowest BCUT2D eigenvalue weighted by molar-refractivity contribution is -0.105. The second-order valence-corrected chi connectivity index (χ2v) is 15.9. The Morgan fingerprint density at radius 1 is 0.797 bits per heavy atom. The fourth-order valence-corrected chi connectivity index (χ4v) is 7.97. The number of benzene rings is 5. The maximum absolute atomic E-state index is 12.8. The standard InChI is InChI=1S/C45H51NO12S/c1-31-13-19-38(20-14-31)59(50,51)58-30-36(47)29-57-43-26-46(45(48)49)25-42(56-27-32-23-34-9-4-6-11-39(34)41(24-32)53-3)44(43)33-15-17-37(18-16-33)55-22-8-21-54-28-35-10-5-7-12-40(35)52-2/h4-7,9-20,23-24,36,42-44,47H,8,21-22,25-30H2,1-3H3,(H,48,49)/t36-,42-,43+,44+/m0/s1. The van der Waals surface area contributed by atoms with Gasteiger partial charge in [-0.3, -0.25) is 4.18 Å². The van der Waals surface area contributed by atoms with E-state index in [9.17, 15) is 23.4 Å². The third-order valence-electron chi connectivity index (χ3n) is 10.1. The van der Waals surface area contributed by atoms with E-state index in [-0.39, 0.29) is 31.2 Å². The Morgan fingerprint density at radius 2 is 1.49 bits per heavy atom. The van der Waals surface area contributed by atoms with Crippen LogP contribution in [0.5, 0.6) is 17.2 Å². The van der Waals surface area contributed by atoms with E-state index >= 15 is 0 Å². The highest BCUT2D eigenvalue weighted by Crippen LogP contribution is 2.35. The third-order valence-corrected chi connectivity index (χ3v) is 11.4. The molecular weight excluding hydrogens is 779 g/mol. The second kappa shape index (κ2) is 20.7. The molecule has 1 fully saturated rings. The number of fused-ring (bicyclic) bond motifs is 1. The van der Waals surface area contributed by atoms with Crippen molar-refractivity contribution in [3.8, 4) is 17.2 Å². The summed E-state index contributed by atoms with van der Waals surface area (Å²) in [5.74, 6) is 1.62. The van der Waals surface area contributed by atoms with Crippen LogP contribution in [0, 0.1) is 6.92 Å². The van der Waals surface area contributed by atoms with Crippen LogP contribution in [-0.4, -0.2) is 102 Å². The molecule has 4 atom stereocenters. The van der Waals surface area contributed by atoms with E-state index in [0.717, 1.165) is 38.8 Å². The average molecular weight is 830 g/mol. The molecule has 314 valence electrons. The fraction of sp³-hybridized carbons (Fsp3) is 0.356. The summed E-state index contributed by atoms with van der Waals surface area (Å²) in [7, 11) is -0.893. The number of piperidine rings is 1. The molecule has 59 heavy (non-hydrogen) atoms. The number of methoxy groups -OCH3 is 2. The largest absolute Gasteiger partial charge is 0.496 e.